The van der Waals surface area contributed by atoms with Crippen LogP contribution in [0, 0.1) is 5.41 Å². The second kappa shape index (κ2) is 9.99. The molecule has 1 amide bonds. The van der Waals surface area contributed by atoms with E-state index in [0.717, 1.165) is 5.56 Å². The number of aromatic nitrogens is 1. The van der Waals surface area contributed by atoms with Crippen molar-refractivity contribution < 1.29 is 19.5 Å². The zero-order valence-corrected chi connectivity index (χ0v) is 21.7. The van der Waals surface area contributed by atoms with Gasteiger partial charge >= 0.3 is 5.97 Å². The predicted molar refractivity (Wildman–Crippen MR) is 136 cm³/mol. The second-order valence-electron chi connectivity index (χ2n) is 8.17. The summed E-state index contributed by atoms with van der Waals surface area (Å²) < 4.78 is 0.533. The van der Waals surface area contributed by atoms with Crippen LogP contribution in [-0.4, -0.2) is 33.8 Å². The highest BCUT2D eigenvalue weighted by atomic mass is 127. The molecule has 0 fully saturated rings. The van der Waals surface area contributed by atoms with Crippen molar-refractivity contribution in [2.24, 2.45) is 5.41 Å². The monoisotopic (exact) mass is 601 g/mol. The lowest BCUT2D eigenvalue weighted by molar-refractivity contribution is -0.140. The number of hydrogen-bond acceptors (Lipinski definition) is 5. The normalized spacial score (nSPS) is 16.6. The van der Waals surface area contributed by atoms with Gasteiger partial charge in [0.05, 0.1) is 24.6 Å². The smallest absolute Gasteiger partial charge is 0.326 e. The van der Waals surface area contributed by atoms with Gasteiger partial charge in [0.1, 0.15) is 6.04 Å². The van der Waals surface area contributed by atoms with E-state index in [2.05, 4.69) is 15.6 Å². The summed E-state index contributed by atoms with van der Waals surface area (Å²) in [7, 11) is 0. The van der Waals surface area contributed by atoms with Crippen LogP contribution in [0.2, 0.25) is 10.0 Å². The number of rotatable bonds is 8. The zero-order chi connectivity index (χ0) is 24.5. The summed E-state index contributed by atoms with van der Waals surface area (Å²) in [6.07, 6.45) is 3.23. The molecule has 7 nitrogen and oxygen atoms in total. The maximum absolute atomic E-state index is 12.6. The molecule has 1 unspecified atom stereocenters. The van der Waals surface area contributed by atoms with Crippen LogP contribution < -0.4 is 10.6 Å². The number of pyridine rings is 1. The summed E-state index contributed by atoms with van der Waals surface area (Å²) in [5.41, 5.74) is 1.33. The minimum absolute atomic E-state index is 0.00251. The van der Waals surface area contributed by atoms with Crippen LogP contribution in [0.15, 0.2) is 45.9 Å². The third-order valence-electron chi connectivity index (χ3n) is 5.70. The Labute approximate surface area is 215 Å². The molecule has 0 radical (unpaired) electrons. The third-order valence-corrected chi connectivity index (χ3v) is 7.30. The number of ketones is 1. The van der Waals surface area contributed by atoms with Crippen LogP contribution in [0.3, 0.4) is 0 Å². The summed E-state index contributed by atoms with van der Waals surface area (Å²) in [5, 5.41) is 16.0. The summed E-state index contributed by atoms with van der Waals surface area (Å²) in [6.45, 7) is 5.46. The number of Topliss-reactive ketones (excluding diaryl/α,β-unsaturated/α-hetero) is 1. The van der Waals surface area contributed by atoms with Crippen LogP contribution in [0.1, 0.15) is 49.0 Å². The second-order valence-corrected chi connectivity index (χ2v) is 10.1. The average molecular weight is 602 g/mol. The number of aliphatic carboxylic acids is 1. The van der Waals surface area contributed by atoms with Gasteiger partial charge in [0.25, 0.3) is 5.91 Å². The number of carboxylic acid groups (broad SMARTS) is 1. The molecule has 1 aromatic heterocycles. The van der Waals surface area contributed by atoms with Gasteiger partial charge in [-0.15, -0.1) is 0 Å². The van der Waals surface area contributed by atoms with Crippen molar-refractivity contribution in [3.8, 4) is 0 Å². The molecule has 174 valence electrons. The van der Waals surface area contributed by atoms with E-state index in [9.17, 15) is 19.5 Å². The van der Waals surface area contributed by atoms with Crippen molar-refractivity contribution in [1.82, 2.24) is 10.3 Å². The first-order chi connectivity index (χ1) is 15.5. The van der Waals surface area contributed by atoms with Crippen molar-refractivity contribution in [2.45, 2.75) is 39.2 Å². The van der Waals surface area contributed by atoms with Gasteiger partial charge in [0.2, 0.25) is 0 Å². The molecule has 0 saturated heterocycles. The Morgan fingerprint density at radius 1 is 1.15 bits per heavy atom. The lowest BCUT2D eigenvalue weighted by Crippen LogP contribution is -2.51. The number of carbonyl (C=O) groups is 3. The molecule has 0 spiro atoms. The van der Waals surface area contributed by atoms with Gasteiger partial charge in [-0.1, -0.05) is 42.3 Å². The Hall–Kier alpha value is -2.17. The fraction of sp³-hybridized carbons (Fsp3) is 0.304. The Bertz CT molecular complexity index is 1130. The number of nitrogens with zero attached hydrogens (tertiary/aromatic N) is 1. The Kier molecular flexibility index (Phi) is 7.70. The molecule has 0 saturated carbocycles. The minimum Gasteiger partial charge on any atom is -0.480 e. The standard InChI is InChI=1S/C23H22Cl2IN3O4/c1-4-13(18(22(32)33)29-19-17(26)20(30)23(19,2)3)11-5-7-12(8-6-11)28-21(31)16-14(24)9-27-10-15(16)25/h5-10,13,18,29H,4H2,1-3H3,(H,28,31)(H,32,33)/t13?,18-/m0/s1. The molecule has 10 heteroatoms. The number of amides is 1. The molecule has 3 N–H and O–H groups in total. The van der Waals surface area contributed by atoms with Crippen molar-refractivity contribution in [2.75, 3.05) is 5.32 Å². The maximum Gasteiger partial charge on any atom is 0.326 e. The molecule has 2 aromatic rings. The lowest BCUT2D eigenvalue weighted by atomic mass is 9.74. The maximum atomic E-state index is 12.6. The fourth-order valence-electron chi connectivity index (χ4n) is 3.75. The molecule has 1 aliphatic rings. The van der Waals surface area contributed by atoms with Gasteiger partial charge in [0.15, 0.2) is 5.78 Å². The van der Waals surface area contributed by atoms with E-state index in [4.69, 9.17) is 23.2 Å². The quantitative estimate of drug-likeness (QED) is 0.348. The van der Waals surface area contributed by atoms with Crippen molar-refractivity contribution in [3.63, 3.8) is 0 Å². The number of carboxylic acids is 1. The topological polar surface area (TPSA) is 108 Å². The average Bonchev–Trinajstić information content (AvgIpc) is 2.76. The van der Waals surface area contributed by atoms with Crippen molar-refractivity contribution >= 4 is 69.1 Å². The van der Waals surface area contributed by atoms with Gasteiger partial charge < -0.3 is 15.7 Å². The van der Waals surface area contributed by atoms with Crippen LogP contribution in [-0.2, 0) is 9.59 Å². The van der Waals surface area contributed by atoms with Gasteiger partial charge in [0, 0.05) is 29.7 Å². The van der Waals surface area contributed by atoms with Crippen LogP contribution in [0.4, 0.5) is 5.69 Å². The van der Waals surface area contributed by atoms with Crippen LogP contribution in [0.5, 0.6) is 0 Å². The fourth-order valence-corrected chi connectivity index (χ4v) is 5.79. The summed E-state index contributed by atoms with van der Waals surface area (Å²) in [5.74, 6) is -1.85. The Morgan fingerprint density at radius 3 is 2.21 bits per heavy atom. The van der Waals surface area contributed by atoms with E-state index in [-0.39, 0.29) is 27.3 Å². The van der Waals surface area contributed by atoms with E-state index in [1.165, 1.54) is 12.4 Å². The number of carbonyl (C=O) groups excluding carboxylic acids is 2. The molecule has 1 heterocycles. The largest absolute Gasteiger partial charge is 0.480 e. The highest BCUT2D eigenvalue weighted by molar-refractivity contribution is 14.1. The number of benzene rings is 1. The Balaban J connectivity index is 1.81. The molecule has 1 aromatic carbocycles. The number of allylic oxidation sites excluding steroid dienone is 2. The van der Waals surface area contributed by atoms with Gasteiger partial charge in [-0.05, 0) is 60.6 Å². The first-order valence-electron chi connectivity index (χ1n) is 10.1. The van der Waals surface area contributed by atoms with Crippen molar-refractivity contribution in [1.29, 1.82) is 0 Å². The molecule has 3 rings (SSSR count). The van der Waals surface area contributed by atoms with Gasteiger partial charge in [-0.3, -0.25) is 14.6 Å². The molecule has 1 aliphatic carbocycles. The zero-order valence-electron chi connectivity index (χ0n) is 18.1. The van der Waals surface area contributed by atoms with E-state index >= 15 is 0 Å². The first-order valence-corrected chi connectivity index (χ1v) is 12.0. The van der Waals surface area contributed by atoms with Crippen LogP contribution in [0.25, 0.3) is 0 Å². The number of hydrogen-bond donors (Lipinski definition) is 3. The number of nitrogens with one attached hydrogen (secondary N) is 2. The van der Waals surface area contributed by atoms with Crippen LogP contribution >= 0.6 is 45.8 Å². The summed E-state index contributed by atoms with van der Waals surface area (Å²) in [4.78, 5) is 40.7. The van der Waals surface area contributed by atoms with E-state index in [0.29, 0.717) is 21.4 Å². The highest BCUT2D eigenvalue weighted by Gasteiger charge is 2.47. The SMILES string of the molecule is CCC(c1ccc(NC(=O)c2c(Cl)cncc2Cl)cc1)[C@H](NC1=C(I)C(=O)C1(C)C)C(=O)O. The highest BCUT2D eigenvalue weighted by Crippen LogP contribution is 2.44. The molecule has 2 atom stereocenters. The first kappa shape index (κ1) is 25.5. The predicted octanol–water partition coefficient (Wildman–Crippen LogP) is 5.43. The third kappa shape index (κ3) is 5.02. The minimum atomic E-state index is -1.01. The summed E-state index contributed by atoms with van der Waals surface area (Å²) >= 11 is 14.0. The van der Waals surface area contributed by atoms with E-state index < -0.39 is 23.3 Å². The van der Waals surface area contributed by atoms with E-state index in [1.807, 2.05) is 29.5 Å². The molecule has 0 aliphatic heterocycles. The summed E-state index contributed by atoms with van der Waals surface area (Å²) in [6, 6.07) is 6.01. The van der Waals surface area contributed by atoms with Gasteiger partial charge in [-0.2, -0.15) is 0 Å². The van der Waals surface area contributed by atoms with E-state index in [1.54, 1.807) is 38.1 Å². The number of anilines is 1. The Morgan fingerprint density at radius 2 is 1.73 bits per heavy atom. The van der Waals surface area contributed by atoms with Gasteiger partial charge in [-0.25, -0.2) is 4.79 Å². The molecule has 0 bridgehead atoms. The lowest BCUT2D eigenvalue weighted by Gasteiger charge is -2.39. The number of halogens is 3. The molecular formula is C23H22Cl2IN3O4. The van der Waals surface area contributed by atoms with Crippen molar-refractivity contribution in [3.05, 3.63) is 67.1 Å². The molecular weight excluding hydrogens is 580 g/mol. The molecule has 33 heavy (non-hydrogen) atoms.